The van der Waals surface area contributed by atoms with Crippen molar-refractivity contribution in [2.45, 2.75) is 52.0 Å². The van der Waals surface area contributed by atoms with Crippen molar-refractivity contribution in [1.29, 1.82) is 0 Å². The molecule has 0 amide bonds. The van der Waals surface area contributed by atoms with Gasteiger partial charge in [0.25, 0.3) is 0 Å². The lowest BCUT2D eigenvalue weighted by Gasteiger charge is -2.24. The van der Waals surface area contributed by atoms with Gasteiger partial charge in [-0.15, -0.1) is 0 Å². The van der Waals surface area contributed by atoms with Crippen molar-refractivity contribution in [3.05, 3.63) is 15.9 Å². The van der Waals surface area contributed by atoms with E-state index in [2.05, 4.69) is 39.9 Å². The lowest BCUT2D eigenvalue weighted by Crippen LogP contribution is -2.28. The van der Waals surface area contributed by atoms with Crippen molar-refractivity contribution >= 4 is 15.9 Å². The molecule has 0 aliphatic carbocycles. The van der Waals surface area contributed by atoms with E-state index in [0.29, 0.717) is 0 Å². The smallest absolute Gasteiger partial charge is 0.0767 e. The summed E-state index contributed by atoms with van der Waals surface area (Å²) in [5.74, 6) is 0. The fourth-order valence-electron chi connectivity index (χ4n) is 2.67. The Bertz CT molecular complexity index is 379. The van der Waals surface area contributed by atoms with Crippen molar-refractivity contribution in [2.24, 2.45) is 7.05 Å². The van der Waals surface area contributed by atoms with E-state index in [0.717, 1.165) is 13.0 Å². The Morgan fingerprint density at radius 3 is 2.28 bits per heavy atom. The maximum absolute atomic E-state index is 4.58. The van der Waals surface area contributed by atoms with Crippen LogP contribution in [0.1, 0.15) is 50.4 Å². The molecule has 102 valence electrons. The molecular weight excluding hydrogens is 290 g/mol. The van der Waals surface area contributed by atoms with Gasteiger partial charge in [-0.25, -0.2) is 0 Å². The van der Waals surface area contributed by atoms with Crippen molar-refractivity contribution < 1.29 is 0 Å². The van der Waals surface area contributed by atoms with Crippen molar-refractivity contribution in [2.75, 3.05) is 13.1 Å². The Hall–Kier alpha value is -0.350. The van der Waals surface area contributed by atoms with Gasteiger partial charge in [0.1, 0.15) is 0 Å². The van der Waals surface area contributed by atoms with Crippen LogP contribution >= 0.6 is 15.9 Å². The van der Waals surface area contributed by atoms with Gasteiger partial charge in [-0.1, -0.05) is 26.2 Å². The minimum absolute atomic E-state index is 0.994. The molecule has 1 aliphatic rings. The third-order valence-corrected chi connectivity index (χ3v) is 4.74. The lowest BCUT2D eigenvalue weighted by molar-refractivity contribution is 0.234. The first-order valence-corrected chi connectivity index (χ1v) is 7.94. The summed E-state index contributed by atoms with van der Waals surface area (Å²) >= 11 is 3.71. The molecule has 1 aromatic heterocycles. The molecule has 0 unspecified atom stereocenters. The van der Waals surface area contributed by atoms with Crippen LogP contribution in [0.4, 0.5) is 0 Å². The first kappa shape index (κ1) is 14.1. The van der Waals surface area contributed by atoms with Gasteiger partial charge < -0.3 is 0 Å². The van der Waals surface area contributed by atoms with Crippen LogP contribution in [-0.2, 0) is 20.0 Å². The zero-order chi connectivity index (χ0) is 13.0. The standard InChI is InChI=1S/C14H24BrN3/c1-3-12-14(15)13(17(2)16-12)11-18-9-7-5-4-6-8-10-18/h3-11H2,1-2H3. The number of rotatable bonds is 3. The highest BCUT2D eigenvalue weighted by molar-refractivity contribution is 9.10. The zero-order valence-electron chi connectivity index (χ0n) is 11.6. The van der Waals surface area contributed by atoms with Gasteiger partial charge >= 0.3 is 0 Å². The third-order valence-electron chi connectivity index (χ3n) is 3.83. The Balaban J connectivity index is 2.05. The van der Waals surface area contributed by atoms with Gasteiger partial charge in [0.2, 0.25) is 0 Å². The van der Waals surface area contributed by atoms with Crippen LogP contribution in [0.2, 0.25) is 0 Å². The van der Waals surface area contributed by atoms with Gasteiger partial charge in [-0.05, 0) is 48.3 Å². The minimum atomic E-state index is 0.994. The van der Waals surface area contributed by atoms with Gasteiger partial charge in [0.05, 0.1) is 15.9 Å². The van der Waals surface area contributed by atoms with Crippen LogP contribution in [0.25, 0.3) is 0 Å². The van der Waals surface area contributed by atoms with Gasteiger partial charge in [0, 0.05) is 13.6 Å². The Morgan fingerprint density at radius 1 is 1.11 bits per heavy atom. The van der Waals surface area contributed by atoms with Crippen molar-refractivity contribution in [3.63, 3.8) is 0 Å². The number of halogens is 1. The van der Waals surface area contributed by atoms with Crippen molar-refractivity contribution in [3.8, 4) is 0 Å². The number of likely N-dealkylation sites (tertiary alicyclic amines) is 1. The SMILES string of the molecule is CCc1nn(C)c(CN2CCCCCCC2)c1Br. The molecular formula is C14H24BrN3. The maximum atomic E-state index is 4.58. The first-order chi connectivity index (χ1) is 8.72. The van der Waals surface area contributed by atoms with Crippen LogP contribution in [0, 0.1) is 0 Å². The van der Waals surface area contributed by atoms with Gasteiger partial charge in [0.15, 0.2) is 0 Å². The highest BCUT2D eigenvalue weighted by Crippen LogP contribution is 2.23. The fraction of sp³-hybridized carbons (Fsp3) is 0.786. The molecule has 2 rings (SSSR count). The van der Waals surface area contributed by atoms with Gasteiger partial charge in [-0.2, -0.15) is 5.10 Å². The molecule has 18 heavy (non-hydrogen) atoms. The summed E-state index contributed by atoms with van der Waals surface area (Å²) in [4.78, 5) is 2.58. The normalized spacial score (nSPS) is 18.6. The summed E-state index contributed by atoms with van der Waals surface area (Å²) in [6.45, 7) is 5.66. The average molecular weight is 314 g/mol. The molecule has 0 spiro atoms. The Labute approximate surface area is 119 Å². The third kappa shape index (κ3) is 3.35. The van der Waals surface area contributed by atoms with Crippen LogP contribution in [0.15, 0.2) is 4.47 Å². The zero-order valence-corrected chi connectivity index (χ0v) is 13.2. The predicted octanol–water partition coefficient (Wildman–Crippen LogP) is 3.51. The number of aromatic nitrogens is 2. The molecule has 1 aromatic rings. The molecule has 1 fully saturated rings. The quantitative estimate of drug-likeness (QED) is 0.851. The lowest BCUT2D eigenvalue weighted by atomic mass is 10.1. The molecule has 0 radical (unpaired) electrons. The van der Waals surface area contributed by atoms with Crippen LogP contribution in [-0.4, -0.2) is 27.8 Å². The van der Waals surface area contributed by atoms with Crippen molar-refractivity contribution in [1.82, 2.24) is 14.7 Å². The minimum Gasteiger partial charge on any atom is -0.297 e. The molecule has 0 bridgehead atoms. The molecule has 0 saturated carbocycles. The predicted molar refractivity (Wildman–Crippen MR) is 78.6 cm³/mol. The molecule has 4 heteroatoms. The molecule has 2 heterocycles. The second-order valence-electron chi connectivity index (χ2n) is 5.23. The number of aryl methyl sites for hydroxylation is 2. The van der Waals surface area contributed by atoms with E-state index in [4.69, 9.17) is 0 Å². The van der Waals surface area contributed by atoms with Crippen LogP contribution in [0.5, 0.6) is 0 Å². The monoisotopic (exact) mass is 313 g/mol. The second-order valence-corrected chi connectivity index (χ2v) is 6.02. The molecule has 0 atom stereocenters. The van der Waals surface area contributed by atoms with E-state index in [-0.39, 0.29) is 0 Å². The van der Waals surface area contributed by atoms with E-state index < -0.39 is 0 Å². The molecule has 0 N–H and O–H groups in total. The average Bonchev–Trinajstić information content (AvgIpc) is 2.59. The largest absolute Gasteiger partial charge is 0.297 e. The summed E-state index contributed by atoms with van der Waals surface area (Å²) in [5.41, 5.74) is 2.51. The van der Waals surface area contributed by atoms with E-state index >= 15 is 0 Å². The fourth-order valence-corrected chi connectivity index (χ4v) is 3.42. The number of nitrogens with zero attached hydrogens (tertiary/aromatic N) is 3. The summed E-state index contributed by atoms with van der Waals surface area (Å²) in [6.07, 6.45) is 7.89. The summed E-state index contributed by atoms with van der Waals surface area (Å²) in [6, 6.07) is 0. The number of hydrogen-bond donors (Lipinski definition) is 0. The van der Waals surface area contributed by atoms with Gasteiger partial charge in [-0.3, -0.25) is 9.58 Å². The Kier molecular flexibility index (Phi) is 5.25. The number of hydrogen-bond acceptors (Lipinski definition) is 2. The highest BCUT2D eigenvalue weighted by atomic mass is 79.9. The summed E-state index contributed by atoms with van der Waals surface area (Å²) in [5, 5.41) is 4.58. The van der Waals surface area contributed by atoms with Crippen LogP contribution in [0.3, 0.4) is 0 Å². The van der Waals surface area contributed by atoms with E-state index in [1.165, 1.54) is 61.1 Å². The van der Waals surface area contributed by atoms with E-state index in [1.54, 1.807) is 0 Å². The van der Waals surface area contributed by atoms with Crippen LogP contribution < -0.4 is 0 Å². The summed E-state index contributed by atoms with van der Waals surface area (Å²) < 4.78 is 3.26. The molecule has 3 nitrogen and oxygen atoms in total. The second kappa shape index (κ2) is 6.71. The molecule has 0 aromatic carbocycles. The maximum Gasteiger partial charge on any atom is 0.0767 e. The van der Waals surface area contributed by atoms with E-state index in [9.17, 15) is 0 Å². The first-order valence-electron chi connectivity index (χ1n) is 7.15. The molecule has 1 aliphatic heterocycles. The molecule has 1 saturated heterocycles. The summed E-state index contributed by atoms with van der Waals surface area (Å²) in [7, 11) is 2.06. The topological polar surface area (TPSA) is 21.1 Å². The Morgan fingerprint density at radius 2 is 1.72 bits per heavy atom. The van der Waals surface area contributed by atoms with E-state index in [1.807, 2.05) is 4.68 Å². The highest BCUT2D eigenvalue weighted by Gasteiger charge is 2.16.